The molecule has 0 bridgehead atoms. The highest BCUT2D eigenvalue weighted by atomic mass is 19.1. The average Bonchev–Trinajstić information content (AvgIpc) is 3.23. The van der Waals surface area contributed by atoms with E-state index in [0.29, 0.717) is 11.4 Å². The van der Waals surface area contributed by atoms with Gasteiger partial charge >= 0.3 is 0 Å². The normalized spacial score (nSPS) is 11.0. The summed E-state index contributed by atoms with van der Waals surface area (Å²) in [5.41, 5.74) is 8.77. The van der Waals surface area contributed by atoms with Crippen molar-refractivity contribution in [2.45, 2.75) is 13.5 Å². The highest BCUT2D eigenvalue weighted by Gasteiger charge is 2.13. The molecule has 0 atom stereocenters. The van der Waals surface area contributed by atoms with E-state index in [-0.39, 0.29) is 18.2 Å². The maximum atomic E-state index is 14.0. The fraction of sp³-hybridized carbons (Fsp3) is 0.158. The van der Waals surface area contributed by atoms with Crippen LogP contribution in [0.2, 0.25) is 0 Å². The van der Waals surface area contributed by atoms with E-state index in [0.717, 1.165) is 16.8 Å². The molecule has 0 radical (unpaired) electrons. The van der Waals surface area contributed by atoms with Crippen LogP contribution in [0.15, 0.2) is 42.7 Å². The zero-order valence-corrected chi connectivity index (χ0v) is 15.8. The maximum Gasteiger partial charge on any atom is 0.246 e. The zero-order chi connectivity index (χ0) is 20.5. The molecule has 3 heterocycles. The fourth-order valence-corrected chi connectivity index (χ4v) is 3.01. The largest absolute Gasteiger partial charge is 0.497 e. The molecular formula is C19H18FN7O2. The summed E-state index contributed by atoms with van der Waals surface area (Å²) in [6, 6.07) is 7.93. The van der Waals surface area contributed by atoms with Crippen LogP contribution in [0.1, 0.15) is 5.69 Å². The number of hydrogen-bond donors (Lipinski definition) is 2. The Labute approximate surface area is 164 Å². The number of aromatic nitrogens is 5. The summed E-state index contributed by atoms with van der Waals surface area (Å²) in [4.78, 5) is 16.5. The van der Waals surface area contributed by atoms with Crippen molar-refractivity contribution >= 4 is 23.2 Å². The van der Waals surface area contributed by atoms with Crippen LogP contribution in [0.25, 0.3) is 16.8 Å². The van der Waals surface area contributed by atoms with Crippen molar-refractivity contribution in [2.75, 3.05) is 18.2 Å². The number of nitrogens with zero attached hydrogens (tertiary/aromatic N) is 5. The molecule has 0 aliphatic carbocycles. The second kappa shape index (κ2) is 7.23. The Hall–Kier alpha value is -3.95. The molecule has 4 rings (SSSR count). The molecule has 0 unspecified atom stereocenters. The Morgan fingerprint density at radius 1 is 1.28 bits per heavy atom. The first-order chi connectivity index (χ1) is 13.9. The topological polar surface area (TPSA) is 112 Å². The summed E-state index contributed by atoms with van der Waals surface area (Å²) >= 11 is 0. The number of fused-ring (bicyclic) bond motifs is 1. The molecule has 3 aromatic heterocycles. The van der Waals surface area contributed by atoms with Gasteiger partial charge in [-0.3, -0.25) is 9.48 Å². The van der Waals surface area contributed by atoms with Crippen molar-refractivity contribution in [3.63, 3.8) is 0 Å². The number of nitrogens with two attached hydrogens (primary N) is 1. The second-order valence-electron chi connectivity index (χ2n) is 6.41. The van der Waals surface area contributed by atoms with Crippen molar-refractivity contribution in [1.82, 2.24) is 24.4 Å². The predicted molar refractivity (Wildman–Crippen MR) is 105 cm³/mol. The molecule has 9 nitrogen and oxygen atoms in total. The van der Waals surface area contributed by atoms with Crippen LogP contribution in [0.3, 0.4) is 0 Å². The van der Waals surface area contributed by atoms with E-state index in [1.54, 1.807) is 23.0 Å². The number of amides is 1. The number of halogens is 1. The van der Waals surface area contributed by atoms with Crippen molar-refractivity contribution in [2.24, 2.45) is 0 Å². The smallest absolute Gasteiger partial charge is 0.246 e. The lowest BCUT2D eigenvalue weighted by Gasteiger charge is -2.08. The molecule has 4 aromatic rings. The number of anilines is 2. The van der Waals surface area contributed by atoms with Crippen LogP contribution < -0.4 is 15.8 Å². The van der Waals surface area contributed by atoms with E-state index in [9.17, 15) is 9.18 Å². The SMILES string of the molecule is COc1ccc(NC(=O)Cn2cc(-c3ccn4nc(N)nc4c3)c(C)n2)c(F)c1. The van der Waals surface area contributed by atoms with E-state index in [2.05, 4.69) is 20.5 Å². The van der Waals surface area contributed by atoms with Gasteiger partial charge in [-0.25, -0.2) is 8.91 Å². The number of hydrogen-bond acceptors (Lipinski definition) is 6. The monoisotopic (exact) mass is 395 g/mol. The van der Waals surface area contributed by atoms with Crippen molar-refractivity contribution in [1.29, 1.82) is 0 Å². The van der Waals surface area contributed by atoms with Crippen LogP contribution in [0.5, 0.6) is 5.75 Å². The number of carbonyl (C=O) groups excluding carboxylic acids is 1. The maximum absolute atomic E-state index is 14.0. The van der Waals surface area contributed by atoms with Crippen LogP contribution in [0, 0.1) is 12.7 Å². The van der Waals surface area contributed by atoms with Gasteiger partial charge in [-0.15, -0.1) is 5.10 Å². The Kier molecular flexibility index (Phi) is 4.59. The minimum absolute atomic E-state index is 0.0631. The number of methoxy groups -OCH3 is 1. The molecule has 0 aliphatic rings. The molecule has 0 saturated carbocycles. The summed E-state index contributed by atoms with van der Waals surface area (Å²) in [7, 11) is 1.44. The molecule has 0 fully saturated rings. The lowest BCUT2D eigenvalue weighted by Crippen LogP contribution is -2.19. The van der Waals surface area contributed by atoms with Gasteiger partial charge in [0, 0.05) is 24.0 Å². The molecule has 10 heteroatoms. The Morgan fingerprint density at radius 3 is 2.86 bits per heavy atom. The minimum Gasteiger partial charge on any atom is -0.497 e. The van der Waals surface area contributed by atoms with Gasteiger partial charge in [-0.2, -0.15) is 10.1 Å². The van der Waals surface area contributed by atoms with Gasteiger partial charge in [-0.1, -0.05) is 0 Å². The van der Waals surface area contributed by atoms with Crippen LogP contribution >= 0.6 is 0 Å². The molecule has 0 saturated heterocycles. The highest BCUT2D eigenvalue weighted by Crippen LogP contribution is 2.24. The number of nitrogens with one attached hydrogen (secondary N) is 1. The van der Waals surface area contributed by atoms with E-state index in [4.69, 9.17) is 10.5 Å². The third kappa shape index (κ3) is 3.72. The van der Waals surface area contributed by atoms with Gasteiger partial charge in [0.05, 0.1) is 18.5 Å². The standard InChI is InChI=1S/C19H18FN7O2/c1-11-14(12-5-6-27-17(7-12)23-19(21)25-27)9-26(24-11)10-18(28)22-16-4-3-13(29-2)8-15(16)20/h3-9H,10H2,1-2H3,(H2,21,25)(H,22,28). The first-order valence-electron chi connectivity index (χ1n) is 8.72. The molecule has 148 valence electrons. The average molecular weight is 395 g/mol. The quantitative estimate of drug-likeness (QED) is 0.536. The van der Waals surface area contributed by atoms with E-state index in [1.165, 1.54) is 23.9 Å². The van der Waals surface area contributed by atoms with E-state index in [1.807, 2.05) is 19.1 Å². The predicted octanol–water partition coefficient (Wildman–Crippen LogP) is 2.27. The summed E-state index contributed by atoms with van der Waals surface area (Å²) in [6.07, 6.45) is 3.51. The number of rotatable bonds is 5. The summed E-state index contributed by atoms with van der Waals surface area (Å²) in [5, 5.41) is 11.0. The highest BCUT2D eigenvalue weighted by molar-refractivity contribution is 5.90. The lowest BCUT2D eigenvalue weighted by molar-refractivity contribution is -0.116. The van der Waals surface area contributed by atoms with E-state index < -0.39 is 11.7 Å². The molecule has 0 aliphatic heterocycles. The molecule has 1 aromatic carbocycles. The van der Waals surface area contributed by atoms with E-state index >= 15 is 0 Å². The number of pyridine rings is 1. The van der Waals surface area contributed by atoms with Crippen LogP contribution in [0.4, 0.5) is 16.0 Å². The third-order valence-corrected chi connectivity index (χ3v) is 4.37. The first kappa shape index (κ1) is 18.4. The fourth-order valence-electron chi connectivity index (χ4n) is 3.01. The molecule has 3 N–H and O–H groups in total. The van der Waals surface area contributed by atoms with Crippen molar-refractivity contribution in [3.05, 3.63) is 54.2 Å². The zero-order valence-electron chi connectivity index (χ0n) is 15.8. The number of benzene rings is 1. The molecule has 1 amide bonds. The van der Waals surface area contributed by atoms with Gasteiger partial charge in [0.2, 0.25) is 11.9 Å². The summed E-state index contributed by atoms with van der Waals surface area (Å²) in [6.45, 7) is 1.78. The van der Waals surface area contributed by atoms with Gasteiger partial charge in [0.25, 0.3) is 0 Å². The Bertz CT molecular complexity index is 1210. The van der Waals surface area contributed by atoms with Gasteiger partial charge in [0.15, 0.2) is 5.65 Å². The lowest BCUT2D eigenvalue weighted by atomic mass is 10.1. The summed E-state index contributed by atoms with van der Waals surface area (Å²) in [5.74, 6) is -0.407. The minimum atomic E-state index is -0.573. The number of carbonyl (C=O) groups is 1. The van der Waals surface area contributed by atoms with Crippen molar-refractivity contribution < 1.29 is 13.9 Å². The molecular weight excluding hydrogens is 377 g/mol. The molecule has 0 spiro atoms. The van der Waals surface area contributed by atoms with Crippen LogP contribution in [-0.4, -0.2) is 37.4 Å². The van der Waals surface area contributed by atoms with Gasteiger partial charge in [0.1, 0.15) is 18.1 Å². The third-order valence-electron chi connectivity index (χ3n) is 4.37. The van der Waals surface area contributed by atoms with Crippen molar-refractivity contribution in [3.8, 4) is 16.9 Å². The van der Waals surface area contributed by atoms with Gasteiger partial charge < -0.3 is 15.8 Å². The number of aryl methyl sites for hydroxylation is 1. The number of nitrogen functional groups attached to an aromatic ring is 1. The second-order valence-corrected chi connectivity index (χ2v) is 6.41. The van der Waals surface area contributed by atoms with Crippen LogP contribution in [-0.2, 0) is 11.3 Å². The summed E-state index contributed by atoms with van der Waals surface area (Å²) < 4.78 is 22.1. The molecule has 29 heavy (non-hydrogen) atoms. The Balaban J connectivity index is 1.52. The van der Waals surface area contributed by atoms with Gasteiger partial charge in [-0.05, 0) is 36.8 Å². The number of ether oxygens (including phenoxy) is 1. The first-order valence-corrected chi connectivity index (χ1v) is 8.72. The Morgan fingerprint density at radius 2 is 2.10 bits per heavy atom.